The van der Waals surface area contributed by atoms with E-state index in [9.17, 15) is 99.9 Å². The topological polar surface area (TPSA) is 410 Å². The molecule has 2 spiro atoms. The highest BCUT2D eigenvalue weighted by Gasteiger charge is 2.59. The SMILES string of the molecule is COC(=O)c1c(O)ccc(O)c1C(=O)c1c(O)cc2c(c1O)[C@@H]1C=C[C@]3(C2)C(=C(O)c2c(O)cc(C)cc2[C@@H]3O)C1=O.COC(=O)c1c(O)ccc(O)c1C(=O)c1c(O)cc2c(c1O)[C@@H]1C=C[C@]3(C2)C(=C(O)c2c(O)cc(C)cc2[C@@H]3OC(C)=O)C1=O. The van der Waals surface area contributed by atoms with E-state index in [-0.39, 0.29) is 80.0 Å². The van der Waals surface area contributed by atoms with Crippen LogP contribution in [0.1, 0.15) is 139 Å². The lowest BCUT2D eigenvalue weighted by Gasteiger charge is -2.44. The van der Waals surface area contributed by atoms with Gasteiger partial charge in [0.25, 0.3) is 0 Å². The van der Waals surface area contributed by atoms with E-state index in [0.29, 0.717) is 11.1 Å². The van der Waals surface area contributed by atoms with Gasteiger partial charge in [-0.25, -0.2) is 9.59 Å². The molecule has 4 bridgehead atoms. The smallest absolute Gasteiger partial charge is 0.342 e. The van der Waals surface area contributed by atoms with E-state index >= 15 is 0 Å². The summed E-state index contributed by atoms with van der Waals surface area (Å²) in [5, 5.41) is 143. The number of benzene rings is 6. The third kappa shape index (κ3) is 8.17. The number of aliphatic hydroxyl groups excluding tert-OH is 3. The summed E-state index contributed by atoms with van der Waals surface area (Å²) in [5.74, 6) is -17.6. The number of ether oxygens (including phenoxy) is 3. The minimum absolute atomic E-state index is 0.0929. The van der Waals surface area contributed by atoms with Crippen molar-refractivity contribution >= 4 is 52.6 Å². The van der Waals surface area contributed by atoms with Crippen LogP contribution in [-0.4, -0.2) is 122 Å². The van der Waals surface area contributed by atoms with Gasteiger partial charge in [0.1, 0.15) is 97.4 Å². The number of esters is 3. The fourth-order valence-electron chi connectivity index (χ4n) is 13.4. The third-order valence-electron chi connectivity index (χ3n) is 16.9. The molecule has 0 saturated heterocycles. The monoisotopic (exact) mass is 1190 g/mol. The van der Waals surface area contributed by atoms with Crippen molar-refractivity contribution in [2.75, 3.05) is 14.2 Å². The van der Waals surface area contributed by atoms with Gasteiger partial charge in [0.2, 0.25) is 11.6 Å². The van der Waals surface area contributed by atoms with Crippen molar-refractivity contribution in [3.05, 3.63) is 185 Å². The van der Waals surface area contributed by atoms with Crippen molar-refractivity contribution in [2.24, 2.45) is 10.8 Å². The first-order valence-corrected chi connectivity index (χ1v) is 26.5. The van der Waals surface area contributed by atoms with Crippen LogP contribution >= 0.6 is 0 Å². The van der Waals surface area contributed by atoms with Crippen molar-refractivity contribution in [2.45, 2.75) is 57.7 Å². The number of phenols is 10. The van der Waals surface area contributed by atoms with Crippen molar-refractivity contribution in [1.29, 1.82) is 0 Å². The molecule has 8 aliphatic carbocycles. The van der Waals surface area contributed by atoms with Gasteiger partial charge in [-0.3, -0.25) is 24.0 Å². The molecule has 0 amide bonds. The number of fused-ring (bicyclic) bond motifs is 2. The summed E-state index contributed by atoms with van der Waals surface area (Å²) in [7, 11) is 1.97. The summed E-state index contributed by atoms with van der Waals surface area (Å²) in [6.07, 6.45) is 2.88. The zero-order chi connectivity index (χ0) is 63.1. The van der Waals surface area contributed by atoms with Crippen LogP contribution in [0.25, 0.3) is 11.5 Å². The van der Waals surface area contributed by atoms with Gasteiger partial charge in [-0.2, -0.15) is 0 Å². The van der Waals surface area contributed by atoms with E-state index in [2.05, 4.69) is 9.47 Å². The van der Waals surface area contributed by atoms with Crippen molar-refractivity contribution in [3.63, 3.8) is 0 Å². The molecule has 87 heavy (non-hydrogen) atoms. The number of carbonyl (C=O) groups excluding carboxylic acids is 7. The van der Waals surface area contributed by atoms with Crippen LogP contribution in [0.15, 0.2) is 96.1 Å². The first-order valence-electron chi connectivity index (χ1n) is 26.5. The Morgan fingerprint density at radius 2 is 0.862 bits per heavy atom. The highest BCUT2D eigenvalue weighted by atomic mass is 16.5. The summed E-state index contributed by atoms with van der Waals surface area (Å²) in [4.78, 5) is 92.9. The standard InChI is InChI=1S/C33H26O12.C31H24O11/c1-12-8-16-22(19(37)9-12)30(42)26-27(39)15-6-7-33(26,31(16)45-13(2)34)11-14-10-20(38)25(28(40)21(14)15)29(41)23-17(35)4-5-18(36)24(23)32(43)44-3;1-11-7-14-20(17(34)8-11)28(39)24-25(36)13-5-6-31(24,29(14)40)10-12-9-18(35)23(26(37)19(12)13)27(38)21-15(32)3-4-16(33)22(21)30(41)42-2/h4-10,15,31,35-38,40,42H,11H2,1-3H3;3-9,13,29,32-35,37,39-40H,10H2,1-2H3/t15-,31-,33-;13-,29-,31-/m00/s1. The normalized spacial score (nSPS) is 21.4. The van der Waals surface area contributed by atoms with Crippen LogP contribution in [0.4, 0.5) is 0 Å². The molecule has 0 fully saturated rings. The van der Waals surface area contributed by atoms with Gasteiger partial charge in [0.05, 0.1) is 76.4 Å². The molecule has 0 radical (unpaired) electrons. The first-order chi connectivity index (χ1) is 41.1. The maximum Gasteiger partial charge on any atom is 0.342 e. The van der Waals surface area contributed by atoms with Gasteiger partial charge in [-0.15, -0.1) is 0 Å². The molecule has 23 heteroatoms. The highest BCUT2D eigenvalue weighted by molar-refractivity contribution is 6.22. The summed E-state index contributed by atoms with van der Waals surface area (Å²) in [6, 6.07) is 12.0. The maximum absolute atomic E-state index is 14.2. The molecule has 6 aromatic carbocycles. The molecule has 0 aromatic heterocycles. The Bertz CT molecular complexity index is 4370. The van der Waals surface area contributed by atoms with Crippen LogP contribution in [0.5, 0.6) is 57.5 Å². The van der Waals surface area contributed by atoms with E-state index in [4.69, 9.17) is 4.74 Å². The molecule has 0 heterocycles. The number of Topliss-reactive ketones (excluding diaryl/α,β-unsaturated/α-hetero) is 2. The van der Waals surface area contributed by atoms with Gasteiger partial charge < -0.3 is 80.6 Å². The quantitative estimate of drug-likeness (QED) is 0.0247. The Balaban J connectivity index is 0.000000181. The fourth-order valence-corrected chi connectivity index (χ4v) is 13.4. The molecule has 6 aromatic rings. The fraction of sp³-hybridized carbons (Fsp3) is 0.203. The molecule has 14 rings (SSSR count). The summed E-state index contributed by atoms with van der Waals surface area (Å²) >= 11 is 0. The number of phenolic OH excluding ortho intramolecular Hbond substituents is 10. The predicted octanol–water partition coefficient (Wildman–Crippen LogP) is 7.21. The number of hydrogen-bond donors (Lipinski definition) is 13. The van der Waals surface area contributed by atoms with Gasteiger partial charge >= 0.3 is 17.9 Å². The van der Waals surface area contributed by atoms with Crippen LogP contribution < -0.4 is 0 Å². The number of aromatic hydroxyl groups is 10. The van der Waals surface area contributed by atoms with E-state index < -0.39 is 167 Å². The van der Waals surface area contributed by atoms with Gasteiger partial charge in [0, 0.05) is 23.6 Å². The van der Waals surface area contributed by atoms with Crippen LogP contribution in [-0.2, 0) is 41.4 Å². The van der Waals surface area contributed by atoms with Crippen molar-refractivity contribution < 1.29 is 114 Å². The second-order valence-corrected chi connectivity index (χ2v) is 21.9. The largest absolute Gasteiger partial charge is 0.507 e. The van der Waals surface area contributed by atoms with E-state index in [0.717, 1.165) is 50.6 Å². The van der Waals surface area contributed by atoms with Crippen LogP contribution in [0, 0.1) is 24.7 Å². The summed E-state index contributed by atoms with van der Waals surface area (Å²) in [5.41, 5.74) is -6.43. The lowest BCUT2D eigenvalue weighted by molar-refractivity contribution is -0.152. The summed E-state index contributed by atoms with van der Waals surface area (Å²) in [6.45, 7) is 4.54. The van der Waals surface area contributed by atoms with Crippen molar-refractivity contribution in [3.8, 4) is 57.5 Å². The number of methoxy groups -OCH3 is 2. The van der Waals surface area contributed by atoms with E-state index in [1.54, 1.807) is 32.1 Å². The second kappa shape index (κ2) is 20.0. The number of hydrogen-bond acceptors (Lipinski definition) is 23. The average molecular weight is 1190 g/mol. The Labute approximate surface area is 490 Å². The third-order valence-corrected chi connectivity index (χ3v) is 16.9. The number of aliphatic hydroxyl groups is 3. The minimum atomic E-state index is -1.55. The number of carbonyl (C=O) groups is 7. The number of allylic oxidation sites excluding steroid dienone is 2. The lowest BCUT2D eigenvalue weighted by Crippen LogP contribution is -2.42. The Hall–Kier alpha value is -11.1. The van der Waals surface area contributed by atoms with Gasteiger partial charge in [-0.05, 0) is 103 Å². The molecular weight excluding hydrogens is 1140 g/mol. The number of aryl methyl sites for hydroxylation is 2. The number of ketones is 4. The molecule has 13 N–H and O–H groups in total. The first kappa shape index (κ1) is 57.7. The Kier molecular flexibility index (Phi) is 13.3. The van der Waals surface area contributed by atoms with Gasteiger partial charge in [-0.1, -0.05) is 36.4 Å². The number of rotatable bonds is 7. The summed E-state index contributed by atoms with van der Waals surface area (Å²) < 4.78 is 15.0. The minimum Gasteiger partial charge on any atom is -0.507 e. The highest BCUT2D eigenvalue weighted by Crippen LogP contribution is 2.64. The molecule has 8 aliphatic rings. The van der Waals surface area contributed by atoms with Crippen LogP contribution in [0.2, 0.25) is 0 Å². The lowest BCUT2D eigenvalue weighted by atomic mass is 9.61. The maximum atomic E-state index is 14.2. The predicted molar refractivity (Wildman–Crippen MR) is 299 cm³/mol. The van der Waals surface area contributed by atoms with E-state index in [1.165, 1.54) is 37.3 Å². The molecule has 23 nitrogen and oxygen atoms in total. The van der Waals surface area contributed by atoms with Crippen molar-refractivity contribution in [1.82, 2.24) is 0 Å². The molecule has 0 saturated carbocycles. The Morgan fingerprint density at radius 1 is 0.483 bits per heavy atom. The second-order valence-electron chi connectivity index (χ2n) is 21.9. The molecule has 444 valence electrons. The zero-order valence-corrected chi connectivity index (χ0v) is 46.2. The van der Waals surface area contributed by atoms with Gasteiger partial charge in [0.15, 0.2) is 11.6 Å². The Morgan fingerprint density at radius 3 is 1.29 bits per heavy atom. The molecular formula is C64H50O23. The average Bonchev–Trinajstić information content (AvgIpc) is 1.67. The zero-order valence-electron chi connectivity index (χ0n) is 46.2. The van der Waals surface area contributed by atoms with Crippen LogP contribution in [0.3, 0.4) is 0 Å². The molecule has 6 atom stereocenters. The molecule has 0 unspecified atom stereocenters. The van der Waals surface area contributed by atoms with E-state index in [1.807, 2.05) is 0 Å². The molecule has 0 aliphatic heterocycles.